The van der Waals surface area contributed by atoms with E-state index in [1.54, 1.807) is 19.2 Å². The Morgan fingerprint density at radius 3 is 2.70 bits per heavy atom. The summed E-state index contributed by atoms with van der Waals surface area (Å²) in [5.41, 5.74) is 4.20. The van der Waals surface area contributed by atoms with Crippen molar-refractivity contribution in [1.29, 1.82) is 0 Å². The predicted octanol–water partition coefficient (Wildman–Crippen LogP) is 4.42. The molecule has 2 N–H and O–H groups in total. The van der Waals surface area contributed by atoms with E-state index in [2.05, 4.69) is 26.2 Å². The van der Waals surface area contributed by atoms with Crippen LogP contribution in [-0.4, -0.2) is 62.2 Å². The van der Waals surface area contributed by atoms with Crippen LogP contribution in [0, 0.1) is 18.2 Å². The fraction of sp³-hybridized carbons (Fsp3) is 0.423. The Labute approximate surface area is 193 Å². The SMILES string of the molecule is COCCN1CCC2(CC1)CN(c1cccc(NC(=O)c3cc4c(F)ccc(C)c4[nH]3)c1)C2. The number of carbonyl (C=O) groups is 1. The maximum atomic E-state index is 14.1. The molecule has 3 heterocycles. The van der Waals surface area contributed by atoms with E-state index in [0.717, 1.165) is 56.3 Å². The van der Waals surface area contributed by atoms with Gasteiger partial charge in [-0.3, -0.25) is 4.79 Å². The summed E-state index contributed by atoms with van der Waals surface area (Å²) in [4.78, 5) is 20.8. The standard InChI is InChI=1S/C26H31FN4O2/c1-18-6-7-22(27)21-15-23(29-24(18)21)25(32)28-19-4-3-5-20(14-19)31-16-26(17-31)8-10-30(11-9-26)12-13-33-2/h3-7,14-15,29H,8-13,16-17H2,1-2H3,(H,28,32). The molecule has 2 aliphatic rings. The number of fused-ring (bicyclic) bond motifs is 1. The van der Waals surface area contributed by atoms with Crippen LogP contribution in [0.3, 0.4) is 0 Å². The van der Waals surface area contributed by atoms with Gasteiger partial charge in [-0.15, -0.1) is 0 Å². The quantitative estimate of drug-likeness (QED) is 0.584. The Kier molecular flexibility index (Phi) is 5.85. The number of amides is 1. The molecule has 7 heteroatoms. The number of H-pyrrole nitrogens is 1. The Bertz CT molecular complexity index is 1120. The van der Waals surface area contributed by atoms with Crippen LogP contribution in [0.25, 0.3) is 10.9 Å². The van der Waals surface area contributed by atoms with Crippen molar-refractivity contribution < 1.29 is 13.9 Å². The number of nitrogens with one attached hydrogen (secondary N) is 2. The number of aryl methyl sites for hydroxylation is 1. The summed E-state index contributed by atoms with van der Waals surface area (Å²) in [6.45, 7) is 8.10. The summed E-state index contributed by atoms with van der Waals surface area (Å²) in [6, 6.07) is 12.7. The molecule has 1 aromatic heterocycles. The van der Waals surface area contributed by atoms with E-state index in [0.29, 0.717) is 22.0 Å². The first-order valence-corrected chi connectivity index (χ1v) is 11.6. The zero-order valence-electron chi connectivity index (χ0n) is 19.3. The highest BCUT2D eigenvalue weighted by molar-refractivity contribution is 6.06. The van der Waals surface area contributed by atoms with Gasteiger partial charge in [0.25, 0.3) is 5.91 Å². The van der Waals surface area contributed by atoms with Crippen LogP contribution in [0.15, 0.2) is 42.5 Å². The second-order valence-corrected chi connectivity index (χ2v) is 9.53. The molecule has 0 aliphatic carbocycles. The number of rotatable bonds is 6. The van der Waals surface area contributed by atoms with E-state index in [4.69, 9.17) is 4.74 Å². The average Bonchev–Trinajstić information content (AvgIpc) is 3.26. The summed E-state index contributed by atoms with van der Waals surface area (Å²) in [5.74, 6) is -0.602. The van der Waals surface area contributed by atoms with Crippen molar-refractivity contribution in [1.82, 2.24) is 9.88 Å². The minimum Gasteiger partial charge on any atom is -0.383 e. The molecule has 0 atom stereocenters. The Balaban J connectivity index is 1.22. The summed E-state index contributed by atoms with van der Waals surface area (Å²) in [6.07, 6.45) is 2.44. The molecule has 0 radical (unpaired) electrons. The first-order chi connectivity index (χ1) is 16.0. The van der Waals surface area contributed by atoms with E-state index >= 15 is 0 Å². The molecule has 6 nitrogen and oxygen atoms in total. The number of aromatic nitrogens is 1. The van der Waals surface area contributed by atoms with Crippen molar-refractivity contribution >= 4 is 28.2 Å². The van der Waals surface area contributed by atoms with Gasteiger partial charge < -0.3 is 24.8 Å². The number of nitrogens with zero attached hydrogens (tertiary/aromatic N) is 2. The van der Waals surface area contributed by atoms with Gasteiger partial charge in [-0.25, -0.2) is 4.39 Å². The lowest BCUT2D eigenvalue weighted by atomic mass is 9.71. The number of ether oxygens (including phenoxy) is 1. The van der Waals surface area contributed by atoms with Crippen LogP contribution in [-0.2, 0) is 4.74 Å². The molecule has 2 aliphatic heterocycles. The molecule has 1 amide bonds. The normalized spacial score (nSPS) is 18.0. The second kappa shape index (κ2) is 8.80. The van der Waals surface area contributed by atoms with E-state index in [1.165, 1.54) is 18.9 Å². The van der Waals surface area contributed by atoms with Gasteiger partial charge >= 0.3 is 0 Å². The van der Waals surface area contributed by atoms with Gasteiger partial charge in [0.1, 0.15) is 11.5 Å². The number of methoxy groups -OCH3 is 1. The van der Waals surface area contributed by atoms with E-state index in [-0.39, 0.29) is 11.7 Å². The number of anilines is 2. The molecular formula is C26H31FN4O2. The van der Waals surface area contributed by atoms with Crippen LogP contribution >= 0.6 is 0 Å². The molecule has 3 aromatic rings. The van der Waals surface area contributed by atoms with Crippen LogP contribution in [0.4, 0.5) is 15.8 Å². The fourth-order valence-corrected chi connectivity index (χ4v) is 5.16. The van der Waals surface area contributed by atoms with E-state index < -0.39 is 0 Å². The van der Waals surface area contributed by atoms with E-state index in [9.17, 15) is 9.18 Å². The Hall–Kier alpha value is -2.90. The number of carbonyl (C=O) groups excluding carboxylic acids is 1. The minimum atomic E-state index is -0.329. The number of hydrogen-bond acceptors (Lipinski definition) is 4. The van der Waals surface area contributed by atoms with Gasteiger partial charge in [0, 0.05) is 48.9 Å². The van der Waals surface area contributed by atoms with Crippen LogP contribution in [0.1, 0.15) is 28.9 Å². The zero-order chi connectivity index (χ0) is 23.0. The first-order valence-electron chi connectivity index (χ1n) is 11.6. The molecule has 0 bridgehead atoms. The number of hydrogen-bond donors (Lipinski definition) is 2. The van der Waals surface area contributed by atoms with Gasteiger partial charge in [0.15, 0.2) is 0 Å². The lowest BCUT2D eigenvalue weighted by Gasteiger charge is -2.55. The van der Waals surface area contributed by atoms with E-state index in [1.807, 2.05) is 25.1 Å². The highest BCUT2D eigenvalue weighted by Crippen LogP contribution is 2.43. The smallest absolute Gasteiger partial charge is 0.272 e. The third-order valence-corrected chi connectivity index (χ3v) is 7.24. The first kappa shape index (κ1) is 21.9. The zero-order valence-corrected chi connectivity index (χ0v) is 19.3. The fourth-order valence-electron chi connectivity index (χ4n) is 5.16. The van der Waals surface area contributed by atoms with Crippen molar-refractivity contribution in [3.63, 3.8) is 0 Å². The lowest BCUT2D eigenvalue weighted by molar-refractivity contribution is 0.0591. The number of likely N-dealkylation sites (tertiary alicyclic amines) is 1. The lowest BCUT2D eigenvalue weighted by Crippen LogP contribution is -2.60. The molecule has 2 aromatic carbocycles. The maximum absolute atomic E-state index is 14.1. The molecule has 5 rings (SSSR count). The third-order valence-electron chi connectivity index (χ3n) is 7.24. The molecular weight excluding hydrogens is 419 g/mol. The van der Waals surface area contributed by atoms with Gasteiger partial charge in [0.2, 0.25) is 0 Å². The number of piperidine rings is 1. The summed E-state index contributed by atoms with van der Waals surface area (Å²) < 4.78 is 19.3. The molecule has 0 unspecified atom stereocenters. The predicted molar refractivity (Wildman–Crippen MR) is 130 cm³/mol. The van der Waals surface area contributed by atoms with Crippen molar-refractivity contribution in [2.75, 3.05) is 56.7 Å². The van der Waals surface area contributed by atoms with Gasteiger partial charge in [-0.05, 0) is 68.8 Å². The summed E-state index contributed by atoms with van der Waals surface area (Å²) in [5, 5.41) is 3.40. The van der Waals surface area contributed by atoms with Crippen LogP contribution < -0.4 is 10.2 Å². The largest absolute Gasteiger partial charge is 0.383 e. The van der Waals surface area contributed by atoms with Crippen LogP contribution in [0.2, 0.25) is 0 Å². The van der Waals surface area contributed by atoms with Gasteiger partial charge in [-0.1, -0.05) is 12.1 Å². The molecule has 2 saturated heterocycles. The highest BCUT2D eigenvalue weighted by atomic mass is 19.1. The maximum Gasteiger partial charge on any atom is 0.272 e. The molecule has 174 valence electrons. The third kappa shape index (κ3) is 4.35. The van der Waals surface area contributed by atoms with Crippen molar-refractivity contribution in [3.05, 3.63) is 59.5 Å². The number of halogens is 1. The van der Waals surface area contributed by atoms with Crippen molar-refractivity contribution in [2.45, 2.75) is 19.8 Å². The molecule has 33 heavy (non-hydrogen) atoms. The Morgan fingerprint density at radius 1 is 1.18 bits per heavy atom. The van der Waals surface area contributed by atoms with Crippen molar-refractivity contribution in [3.8, 4) is 0 Å². The minimum absolute atomic E-state index is 0.273. The monoisotopic (exact) mass is 450 g/mol. The molecule has 2 fully saturated rings. The molecule has 0 saturated carbocycles. The number of benzene rings is 2. The average molecular weight is 451 g/mol. The Morgan fingerprint density at radius 2 is 1.97 bits per heavy atom. The summed E-state index contributed by atoms with van der Waals surface area (Å²) >= 11 is 0. The van der Waals surface area contributed by atoms with Crippen molar-refractivity contribution in [2.24, 2.45) is 5.41 Å². The van der Waals surface area contributed by atoms with Crippen LogP contribution in [0.5, 0.6) is 0 Å². The highest BCUT2D eigenvalue weighted by Gasteiger charge is 2.44. The topological polar surface area (TPSA) is 60.6 Å². The number of aromatic amines is 1. The van der Waals surface area contributed by atoms with Gasteiger partial charge in [-0.2, -0.15) is 0 Å². The summed E-state index contributed by atoms with van der Waals surface area (Å²) in [7, 11) is 1.76. The van der Waals surface area contributed by atoms with Gasteiger partial charge in [0.05, 0.1) is 12.1 Å². The molecule has 1 spiro atoms. The second-order valence-electron chi connectivity index (χ2n) is 9.53.